The third kappa shape index (κ3) is 3.33. The molecule has 0 unspecified atom stereocenters. The molecule has 0 radical (unpaired) electrons. The Hall–Kier alpha value is -0.210. The molecule has 1 fully saturated rings. The van der Waals surface area contributed by atoms with Crippen LogP contribution in [0.4, 0.5) is 0 Å². The molecule has 1 aromatic heterocycles. The van der Waals surface area contributed by atoms with Gasteiger partial charge in [-0.15, -0.1) is 0 Å². The fourth-order valence-electron chi connectivity index (χ4n) is 2.32. The molecule has 0 N–H and O–H groups in total. The minimum absolute atomic E-state index is 0.0166. The first-order valence-corrected chi connectivity index (χ1v) is 8.91. The summed E-state index contributed by atoms with van der Waals surface area (Å²) >= 11 is 9.16. The first kappa shape index (κ1) is 16.2. The van der Waals surface area contributed by atoms with Gasteiger partial charge in [-0.2, -0.15) is 4.31 Å². The van der Waals surface area contributed by atoms with Gasteiger partial charge in [0.15, 0.2) is 0 Å². The SMILES string of the molecule is CN(C)C1CCN(S(=O)(=O)c2cc(Br)cnc2Cl)CC1. The lowest BCUT2D eigenvalue weighted by molar-refractivity contribution is 0.196. The maximum atomic E-state index is 12.6. The minimum Gasteiger partial charge on any atom is -0.306 e. The molecular formula is C12H17BrClN3O2S. The molecule has 8 heteroatoms. The molecule has 0 bridgehead atoms. The first-order valence-electron chi connectivity index (χ1n) is 6.30. The molecule has 2 rings (SSSR count). The quantitative estimate of drug-likeness (QED) is 0.752. The van der Waals surface area contributed by atoms with Gasteiger partial charge in [0.05, 0.1) is 0 Å². The van der Waals surface area contributed by atoms with Crippen molar-refractivity contribution >= 4 is 37.6 Å². The van der Waals surface area contributed by atoms with Crippen LogP contribution in [0, 0.1) is 0 Å². The predicted octanol–water partition coefficient (Wildman–Crippen LogP) is 2.21. The standard InChI is InChI=1S/C12H17BrClN3O2S/c1-16(2)10-3-5-17(6-4-10)20(18,19)11-7-9(13)8-15-12(11)14/h7-8,10H,3-6H2,1-2H3. The third-order valence-electron chi connectivity index (χ3n) is 3.55. The van der Waals surface area contributed by atoms with E-state index in [1.54, 1.807) is 0 Å². The van der Waals surface area contributed by atoms with Crippen molar-refractivity contribution in [3.8, 4) is 0 Å². The van der Waals surface area contributed by atoms with Crippen molar-refractivity contribution in [1.82, 2.24) is 14.2 Å². The van der Waals surface area contributed by atoms with E-state index in [0.717, 1.165) is 12.8 Å². The molecule has 0 aliphatic carbocycles. The van der Waals surface area contributed by atoms with Crippen molar-refractivity contribution in [2.45, 2.75) is 23.8 Å². The molecule has 2 heterocycles. The fourth-order valence-corrected chi connectivity index (χ4v) is 4.71. The van der Waals surface area contributed by atoms with Crippen LogP contribution in [0.1, 0.15) is 12.8 Å². The van der Waals surface area contributed by atoms with Crippen LogP contribution < -0.4 is 0 Å². The van der Waals surface area contributed by atoms with Crippen LogP contribution >= 0.6 is 27.5 Å². The first-order chi connectivity index (χ1) is 9.32. The van der Waals surface area contributed by atoms with Crippen LogP contribution in [-0.4, -0.2) is 55.8 Å². The van der Waals surface area contributed by atoms with E-state index in [4.69, 9.17) is 11.6 Å². The van der Waals surface area contributed by atoms with E-state index in [1.807, 2.05) is 14.1 Å². The topological polar surface area (TPSA) is 53.5 Å². The molecule has 0 aromatic carbocycles. The van der Waals surface area contributed by atoms with Gasteiger partial charge in [-0.1, -0.05) is 11.6 Å². The molecule has 112 valence electrons. The van der Waals surface area contributed by atoms with Crippen LogP contribution in [0.2, 0.25) is 5.15 Å². The van der Waals surface area contributed by atoms with Gasteiger partial charge in [0, 0.05) is 29.8 Å². The van der Waals surface area contributed by atoms with Crippen LogP contribution in [-0.2, 0) is 10.0 Å². The van der Waals surface area contributed by atoms with E-state index in [9.17, 15) is 8.42 Å². The van der Waals surface area contributed by atoms with E-state index in [2.05, 4.69) is 25.8 Å². The molecule has 0 saturated carbocycles. The van der Waals surface area contributed by atoms with Crippen LogP contribution in [0.25, 0.3) is 0 Å². The molecule has 1 aliphatic rings. The zero-order chi connectivity index (χ0) is 14.9. The van der Waals surface area contributed by atoms with Gasteiger partial charge in [-0.3, -0.25) is 0 Å². The molecule has 5 nitrogen and oxygen atoms in total. The number of pyridine rings is 1. The van der Waals surface area contributed by atoms with Gasteiger partial charge >= 0.3 is 0 Å². The number of sulfonamides is 1. The van der Waals surface area contributed by atoms with Gasteiger partial charge in [0.25, 0.3) is 0 Å². The Morgan fingerprint density at radius 2 is 2.00 bits per heavy atom. The van der Waals surface area contributed by atoms with Gasteiger partial charge in [0.2, 0.25) is 10.0 Å². The largest absolute Gasteiger partial charge is 0.306 e. The Labute approximate surface area is 133 Å². The number of hydrogen-bond donors (Lipinski definition) is 0. The summed E-state index contributed by atoms with van der Waals surface area (Å²) in [6.07, 6.45) is 3.14. The van der Waals surface area contributed by atoms with E-state index in [0.29, 0.717) is 23.6 Å². The molecule has 0 spiro atoms. The van der Waals surface area contributed by atoms with Gasteiger partial charge < -0.3 is 4.90 Å². The lowest BCUT2D eigenvalue weighted by Gasteiger charge is -2.34. The zero-order valence-corrected chi connectivity index (χ0v) is 14.5. The number of rotatable bonds is 3. The molecule has 1 aliphatic heterocycles. The molecule has 1 aromatic rings. The van der Waals surface area contributed by atoms with Crippen LogP contribution in [0.15, 0.2) is 21.6 Å². The highest BCUT2D eigenvalue weighted by Crippen LogP contribution is 2.28. The van der Waals surface area contributed by atoms with E-state index in [-0.39, 0.29) is 10.0 Å². The highest BCUT2D eigenvalue weighted by Gasteiger charge is 2.31. The second-order valence-corrected chi connectivity index (χ2v) is 8.22. The molecule has 20 heavy (non-hydrogen) atoms. The number of piperidine rings is 1. The number of aromatic nitrogens is 1. The predicted molar refractivity (Wildman–Crippen MR) is 82.4 cm³/mol. The highest BCUT2D eigenvalue weighted by atomic mass is 79.9. The Bertz CT molecular complexity index is 586. The second kappa shape index (κ2) is 6.27. The normalized spacial score (nSPS) is 18.6. The Morgan fingerprint density at radius 1 is 1.40 bits per heavy atom. The Balaban J connectivity index is 2.22. The Morgan fingerprint density at radius 3 is 2.55 bits per heavy atom. The Kier molecular flexibility index (Phi) is 5.07. The van der Waals surface area contributed by atoms with Crippen molar-refractivity contribution < 1.29 is 8.42 Å². The van der Waals surface area contributed by atoms with Crippen molar-refractivity contribution in [3.05, 3.63) is 21.9 Å². The number of hydrogen-bond acceptors (Lipinski definition) is 4. The lowest BCUT2D eigenvalue weighted by atomic mass is 10.1. The van der Waals surface area contributed by atoms with Gasteiger partial charge in [-0.25, -0.2) is 13.4 Å². The zero-order valence-electron chi connectivity index (χ0n) is 11.4. The smallest absolute Gasteiger partial charge is 0.246 e. The summed E-state index contributed by atoms with van der Waals surface area (Å²) in [6, 6.07) is 1.93. The third-order valence-corrected chi connectivity index (χ3v) is 6.30. The van der Waals surface area contributed by atoms with Crippen LogP contribution in [0.5, 0.6) is 0 Å². The van der Waals surface area contributed by atoms with Crippen molar-refractivity contribution in [2.24, 2.45) is 0 Å². The summed E-state index contributed by atoms with van der Waals surface area (Å²) in [6.45, 7) is 1.02. The van der Waals surface area contributed by atoms with Gasteiger partial charge in [-0.05, 0) is 48.9 Å². The summed E-state index contributed by atoms with van der Waals surface area (Å²) in [5.41, 5.74) is 0. The monoisotopic (exact) mass is 381 g/mol. The van der Waals surface area contributed by atoms with Gasteiger partial charge in [0.1, 0.15) is 10.0 Å². The maximum absolute atomic E-state index is 12.6. The van der Waals surface area contributed by atoms with E-state index < -0.39 is 10.0 Å². The summed E-state index contributed by atoms with van der Waals surface area (Å²) in [7, 11) is 0.462. The molecule has 1 saturated heterocycles. The van der Waals surface area contributed by atoms with E-state index in [1.165, 1.54) is 16.6 Å². The lowest BCUT2D eigenvalue weighted by Crippen LogP contribution is -2.44. The van der Waals surface area contributed by atoms with E-state index >= 15 is 0 Å². The molecular weight excluding hydrogens is 366 g/mol. The van der Waals surface area contributed by atoms with Crippen molar-refractivity contribution in [2.75, 3.05) is 27.2 Å². The summed E-state index contributed by atoms with van der Waals surface area (Å²) in [5.74, 6) is 0. The average Bonchev–Trinajstić information content (AvgIpc) is 2.41. The highest BCUT2D eigenvalue weighted by molar-refractivity contribution is 9.10. The minimum atomic E-state index is -3.57. The summed E-state index contributed by atoms with van der Waals surface area (Å²) < 4.78 is 27.3. The average molecular weight is 383 g/mol. The number of halogens is 2. The summed E-state index contributed by atoms with van der Waals surface area (Å²) in [4.78, 5) is 6.09. The maximum Gasteiger partial charge on any atom is 0.246 e. The van der Waals surface area contributed by atoms with Crippen molar-refractivity contribution in [3.63, 3.8) is 0 Å². The summed E-state index contributed by atoms with van der Waals surface area (Å²) in [5, 5.41) is 0.0166. The molecule has 0 amide bonds. The van der Waals surface area contributed by atoms with Crippen molar-refractivity contribution in [1.29, 1.82) is 0 Å². The second-order valence-electron chi connectivity index (χ2n) is 5.04. The number of nitrogens with zero attached hydrogens (tertiary/aromatic N) is 3. The van der Waals surface area contributed by atoms with Crippen LogP contribution in [0.3, 0.4) is 0 Å². The fraction of sp³-hybridized carbons (Fsp3) is 0.583. The molecule has 0 atom stereocenters.